The summed E-state index contributed by atoms with van der Waals surface area (Å²) in [6.07, 6.45) is 5.83. The summed E-state index contributed by atoms with van der Waals surface area (Å²) < 4.78 is 5.76. The van der Waals surface area contributed by atoms with Crippen LogP contribution in [0.25, 0.3) is 0 Å². The maximum absolute atomic E-state index is 5.76. The molecule has 2 heteroatoms. The highest BCUT2D eigenvalue weighted by Gasteiger charge is 2.18. The predicted molar refractivity (Wildman–Crippen MR) is 65.6 cm³/mol. The van der Waals surface area contributed by atoms with Crippen LogP contribution in [0.4, 0.5) is 0 Å². The largest absolute Gasteiger partial charge is 0.372 e. The molecular formula is C14H21NO. The average molecular weight is 219 g/mol. The second kappa shape index (κ2) is 4.96. The topological polar surface area (TPSA) is 22.1 Å². The van der Waals surface area contributed by atoms with E-state index in [0.29, 0.717) is 5.92 Å². The molecule has 1 unspecified atom stereocenters. The van der Waals surface area contributed by atoms with Crippen LogP contribution in [0.15, 0.2) is 12.3 Å². The first-order valence-electron chi connectivity index (χ1n) is 6.26. The second-order valence-corrected chi connectivity index (χ2v) is 4.98. The minimum Gasteiger partial charge on any atom is -0.372 e. The minimum atomic E-state index is 0.230. The molecule has 0 aromatic carbocycles. The summed E-state index contributed by atoms with van der Waals surface area (Å²) in [5, 5.41) is 0. The molecular weight excluding hydrogens is 198 g/mol. The minimum absolute atomic E-state index is 0.230. The smallest absolute Gasteiger partial charge is 0.0994 e. The van der Waals surface area contributed by atoms with Crippen molar-refractivity contribution in [2.45, 2.75) is 52.1 Å². The molecule has 0 spiro atoms. The highest BCUT2D eigenvalue weighted by atomic mass is 16.5. The molecule has 0 aliphatic carbocycles. The van der Waals surface area contributed by atoms with Crippen LogP contribution in [0.2, 0.25) is 0 Å². The van der Waals surface area contributed by atoms with Crippen LogP contribution in [-0.4, -0.2) is 11.6 Å². The van der Waals surface area contributed by atoms with E-state index in [1.165, 1.54) is 24.0 Å². The molecule has 0 amide bonds. The van der Waals surface area contributed by atoms with Crippen molar-refractivity contribution >= 4 is 0 Å². The SMILES string of the molecule is Cc1cc(C2CCCCO2)ncc1C(C)C. The number of hydrogen-bond acceptors (Lipinski definition) is 2. The lowest BCUT2D eigenvalue weighted by Gasteiger charge is -2.23. The zero-order valence-corrected chi connectivity index (χ0v) is 10.5. The Labute approximate surface area is 98.0 Å². The molecule has 1 aliphatic rings. The third kappa shape index (κ3) is 2.43. The normalized spacial score (nSPS) is 21.4. The van der Waals surface area contributed by atoms with E-state index in [1.807, 2.05) is 6.20 Å². The predicted octanol–water partition coefficient (Wildman–Crippen LogP) is 3.76. The van der Waals surface area contributed by atoms with E-state index in [0.717, 1.165) is 18.7 Å². The summed E-state index contributed by atoms with van der Waals surface area (Å²) in [4.78, 5) is 4.56. The summed E-state index contributed by atoms with van der Waals surface area (Å²) in [6, 6.07) is 2.20. The van der Waals surface area contributed by atoms with E-state index in [9.17, 15) is 0 Å². The Morgan fingerprint density at radius 2 is 2.19 bits per heavy atom. The molecule has 2 heterocycles. The van der Waals surface area contributed by atoms with Gasteiger partial charge in [-0.3, -0.25) is 4.98 Å². The van der Waals surface area contributed by atoms with E-state index < -0.39 is 0 Å². The summed E-state index contributed by atoms with van der Waals surface area (Å²) in [5.41, 5.74) is 3.80. The van der Waals surface area contributed by atoms with Gasteiger partial charge in [-0.25, -0.2) is 0 Å². The van der Waals surface area contributed by atoms with Crippen LogP contribution in [0.1, 0.15) is 62.0 Å². The Bertz CT molecular complexity index is 354. The van der Waals surface area contributed by atoms with Gasteiger partial charge in [-0.1, -0.05) is 13.8 Å². The zero-order valence-electron chi connectivity index (χ0n) is 10.5. The van der Waals surface area contributed by atoms with Gasteiger partial charge >= 0.3 is 0 Å². The lowest BCUT2D eigenvalue weighted by atomic mass is 9.98. The van der Waals surface area contributed by atoms with Gasteiger partial charge in [0, 0.05) is 12.8 Å². The van der Waals surface area contributed by atoms with Gasteiger partial charge in [-0.15, -0.1) is 0 Å². The fourth-order valence-corrected chi connectivity index (χ4v) is 2.34. The number of aryl methyl sites for hydroxylation is 1. The Kier molecular flexibility index (Phi) is 3.59. The molecule has 0 saturated carbocycles. The summed E-state index contributed by atoms with van der Waals surface area (Å²) in [6.45, 7) is 7.47. The molecule has 1 saturated heterocycles. The standard InChI is InChI=1S/C14H21NO/c1-10(2)12-9-15-13(8-11(12)3)14-6-4-5-7-16-14/h8-10,14H,4-7H2,1-3H3. The first-order chi connectivity index (χ1) is 7.68. The summed E-state index contributed by atoms with van der Waals surface area (Å²) in [7, 11) is 0. The molecule has 1 aliphatic heterocycles. The molecule has 0 N–H and O–H groups in total. The number of pyridine rings is 1. The fraction of sp³-hybridized carbons (Fsp3) is 0.643. The Morgan fingerprint density at radius 1 is 1.38 bits per heavy atom. The summed E-state index contributed by atoms with van der Waals surface area (Å²) >= 11 is 0. The van der Waals surface area contributed by atoms with Gasteiger partial charge in [0.1, 0.15) is 0 Å². The van der Waals surface area contributed by atoms with Gasteiger partial charge in [0.15, 0.2) is 0 Å². The van der Waals surface area contributed by atoms with Crippen LogP contribution in [0, 0.1) is 6.92 Å². The number of hydrogen-bond donors (Lipinski definition) is 0. The van der Waals surface area contributed by atoms with Crippen molar-refractivity contribution in [2.24, 2.45) is 0 Å². The van der Waals surface area contributed by atoms with Gasteiger partial charge < -0.3 is 4.74 Å². The third-order valence-corrected chi connectivity index (χ3v) is 3.30. The van der Waals surface area contributed by atoms with Gasteiger partial charge in [0.2, 0.25) is 0 Å². The van der Waals surface area contributed by atoms with Crippen molar-refractivity contribution in [1.29, 1.82) is 0 Å². The number of rotatable bonds is 2. The van der Waals surface area contributed by atoms with Gasteiger partial charge in [-0.2, -0.15) is 0 Å². The van der Waals surface area contributed by atoms with E-state index in [4.69, 9.17) is 4.74 Å². The number of aromatic nitrogens is 1. The molecule has 16 heavy (non-hydrogen) atoms. The van der Waals surface area contributed by atoms with Crippen molar-refractivity contribution in [3.05, 3.63) is 29.1 Å². The lowest BCUT2D eigenvalue weighted by Crippen LogP contribution is -2.13. The molecule has 0 radical (unpaired) electrons. The van der Waals surface area contributed by atoms with Crippen LogP contribution in [-0.2, 0) is 4.74 Å². The quantitative estimate of drug-likeness (QED) is 0.755. The highest BCUT2D eigenvalue weighted by Crippen LogP contribution is 2.28. The van der Waals surface area contributed by atoms with Crippen molar-refractivity contribution < 1.29 is 4.74 Å². The van der Waals surface area contributed by atoms with Crippen molar-refractivity contribution in [1.82, 2.24) is 4.98 Å². The first-order valence-corrected chi connectivity index (χ1v) is 6.26. The van der Waals surface area contributed by atoms with Crippen LogP contribution in [0.5, 0.6) is 0 Å². The zero-order chi connectivity index (χ0) is 11.5. The van der Waals surface area contributed by atoms with E-state index in [2.05, 4.69) is 31.8 Å². The third-order valence-electron chi connectivity index (χ3n) is 3.30. The molecule has 0 bridgehead atoms. The molecule has 2 nitrogen and oxygen atoms in total. The van der Waals surface area contributed by atoms with Gasteiger partial charge in [0.05, 0.1) is 11.8 Å². The number of ether oxygens (including phenoxy) is 1. The van der Waals surface area contributed by atoms with Crippen molar-refractivity contribution in [2.75, 3.05) is 6.61 Å². The fourth-order valence-electron chi connectivity index (χ4n) is 2.34. The van der Waals surface area contributed by atoms with Crippen LogP contribution < -0.4 is 0 Å². The van der Waals surface area contributed by atoms with E-state index in [-0.39, 0.29) is 6.10 Å². The van der Waals surface area contributed by atoms with E-state index in [1.54, 1.807) is 0 Å². The van der Waals surface area contributed by atoms with Crippen LogP contribution in [0.3, 0.4) is 0 Å². The molecule has 88 valence electrons. The van der Waals surface area contributed by atoms with Crippen molar-refractivity contribution in [3.8, 4) is 0 Å². The maximum Gasteiger partial charge on any atom is 0.0994 e. The molecule has 1 aromatic heterocycles. The molecule has 1 atom stereocenters. The van der Waals surface area contributed by atoms with E-state index >= 15 is 0 Å². The Hall–Kier alpha value is -0.890. The Morgan fingerprint density at radius 3 is 2.75 bits per heavy atom. The second-order valence-electron chi connectivity index (χ2n) is 4.98. The molecule has 2 rings (SSSR count). The van der Waals surface area contributed by atoms with Crippen LogP contribution >= 0.6 is 0 Å². The average Bonchev–Trinajstić information content (AvgIpc) is 2.29. The van der Waals surface area contributed by atoms with Crippen molar-refractivity contribution in [3.63, 3.8) is 0 Å². The highest BCUT2D eigenvalue weighted by molar-refractivity contribution is 5.28. The molecule has 1 aromatic rings. The van der Waals surface area contributed by atoms with Gasteiger partial charge in [0.25, 0.3) is 0 Å². The number of nitrogens with zero attached hydrogens (tertiary/aromatic N) is 1. The van der Waals surface area contributed by atoms with Gasteiger partial charge in [-0.05, 0) is 49.3 Å². The first kappa shape index (κ1) is 11.6. The Balaban J connectivity index is 2.19. The maximum atomic E-state index is 5.76. The molecule has 1 fully saturated rings. The lowest BCUT2D eigenvalue weighted by molar-refractivity contribution is 0.0122. The monoisotopic (exact) mass is 219 g/mol. The summed E-state index contributed by atoms with van der Waals surface area (Å²) in [5.74, 6) is 0.550.